The van der Waals surface area contributed by atoms with E-state index < -0.39 is 0 Å². The number of rotatable bonds is 6. The molecule has 0 unspecified atom stereocenters. The number of hydrogen-bond acceptors (Lipinski definition) is 2. The van der Waals surface area contributed by atoms with Gasteiger partial charge in [-0.15, -0.1) is 0 Å². The van der Waals surface area contributed by atoms with Gasteiger partial charge in [0.05, 0.1) is 13.7 Å². The highest BCUT2D eigenvalue weighted by atomic mass is 16.5. The topological polar surface area (TPSA) is 18.5 Å². The number of benzene rings is 2. The molecular weight excluding hydrogens is 271 g/mol. The number of hydrogen-bond donors (Lipinski definition) is 0. The largest absolute Gasteiger partial charge is 0.496 e. The lowest BCUT2D eigenvalue weighted by Crippen LogP contribution is -2.07. The van der Waals surface area contributed by atoms with Gasteiger partial charge in [0.1, 0.15) is 13.6 Å². The zero-order valence-corrected chi connectivity index (χ0v) is 13.5. The van der Waals surface area contributed by atoms with Crippen LogP contribution in [0.2, 0.25) is 0 Å². The molecule has 0 spiro atoms. The Balaban J connectivity index is 2.32. The second-order valence-electron chi connectivity index (χ2n) is 5.37. The molecule has 0 N–H and O–H groups in total. The fourth-order valence-electron chi connectivity index (χ4n) is 2.49. The second kappa shape index (κ2) is 7.32. The summed E-state index contributed by atoms with van der Waals surface area (Å²) < 4.78 is 10.4. The number of ether oxygens (including phenoxy) is 2. The normalized spacial score (nSPS) is 10.5. The molecule has 0 fully saturated rings. The summed E-state index contributed by atoms with van der Waals surface area (Å²) in [6.45, 7) is 6.93. The van der Waals surface area contributed by atoms with Crippen LogP contribution in [0.15, 0.2) is 43.0 Å². The molecule has 2 radical (unpaired) electrons. The van der Waals surface area contributed by atoms with Gasteiger partial charge in [0.15, 0.2) is 0 Å². The molecule has 0 bridgehead atoms. The summed E-state index contributed by atoms with van der Waals surface area (Å²) >= 11 is 0. The molecule has 2 aromatic rings. The molecule has 2 nitrogen and oxygen atoms in total. The van der Waals surface area contributed by atoms with Crippen molar-refractivity contribution < 1.29 is 9.47 Å². The fourth-order valence-corrected chi connectivity index (χ4v) is 2.49. The van der Waals surface area contributed by atoms with Gasteiger partial charge in [0.2, 0.25) is 0 Å². The summed E-state index contributed by atoms with van der Waals surface area (Å²) in [7, 11) is 9.40. The summed E-state index contributed by atoms with van der Waals surface area (Å²) in [4.78, 5) is 0. The standard InChI is InChI=1S/C19H21BO2/c1-13-9-16(5-6-19(13)22-4)14(2)17-10-15(7-8-21-3)11-18(20)12-17/h5-6,9-12H,2,7-8H2,1,3-4H3. The Kier molecular flexibility index (Phi) is 5.45. The minimum Gasteiger partial charge on any atom is -0.496 e. The van der Waals surface area contributed by atoms with Crippen molar-refractivity contribution >= 4 is 18.9 Å². The van der Waals surface area contributed by atoms with Crippen LogP contribution in [0.3, 0.4) is 0 Å². The van der Waals surface area contributed by atoms with Gasteiger partial charge >= 0.3 is 0 Å². The molecule has 2 aromatic carbocycles. The van der Waals surface area contributed by atoms with E-state index in [0.717, 1.165) is 45.5 Å². The van der Waals surface area contributed by atoms with Crippen LogP contribution in [0, 0.1) is 6.92 Å². The van der Waals surface area contributed by atoms with Crippen LogP contribution in [0.1, 0.15) is 22.3 Å². The Morgan fingerprint density at radius 2 is 1.86 bits per heavy atom. The van der Waals surface area contributed by atoms with Crippen LogP contribution >= 0.6 is 0 Å². The minimum absolute atomic E-state index is 0.678. The van der Waals surface area contributed by atoms with Gasteiger partial charge in [-0.05, 0) is 53.3 Å². The van der Waals surface area contributed by atoms with E-state index in [0.29, 0.717) is 6.61 Å². The Labute approximate surface area is 134 Å². The summed E-state index contributed by atoms with van der Waals surface area (Å²) in [6.07, 6.45) is 0.837. The third kappa shape index (κ3) is 3.80. The van der Waals surface area contributed by atoms with E-state index in [1.807, 2.05) is 31.2 Å². The summed E-state index contributed by atoms with van der Waals surface area (Å²) in [5.74, 6) is 0.880. The van der Waals surface area contributed by atoms with Crippen molar-refractivity contribution in [1.82, 2.24) is 0 Å². The molecular formula is C19H21BO2. The third-order valence-corrected chi connectivity index (χ3v) is 3.70. The van der Waals surface area contributed by atoms with Crippen molar-refractivity contribution in [2.24, 2.45) is 0 Å². The molecule has 0 aliphatic carbocycles. The van der Waals surface area contributed by atoms with Crippen LogP contribution in [0.4, 0.5) is 0 Å². The molecule has 0 atom stereocenters. The van der Waals surface area contributed by atoms with E-state index in [2.05, 4.69) is 18.7 Å². The molecule has 112 valence electrons. The first-order chi connectivity index (χ1) is 10.5. The van der Waals surface area contributed by atoms with Crippen molar-refractivity contribution in [3.8, 4) is 5.75 Å². The van der Waals surface area contributed by atoms with Crippen LogP contribution in [-0.2, 0) is 11.2 Å². The average molecular weight is 292 g/mol. The molecule has 0 saturated heterocycles. The first kappa shape index (κ1) is 16.4. The Morgan fingerprint density at radius 1 is 1.09 bits per heavy atom. The summed E-state index contributed by atoms with van der Waals surface area (Å²) in [6, 6.07) is 12.1. The van der Waals surface area contributed by atoms with Gasteiger partial charge in [-0.2, -0.15) is 0 Å². The van der Waals surface area contributed by atoms with Gasteiger partial charge < -0.3 is 9.47 Å². The van der Waals surface area contributed by atoms with E-state index in [1.54, 1.807) is 14.2 Å². The zero-order valence-electron chi connectivity index (χ0n) is 13.5. The lowest BCUT2D eigenvalue weighted by molar-refractivity contribution is 0.202. The van der Waals surface area contributed by atoms with Crippen LogP contribution < -0.4 is 10.2 Å². The Bertz CT molecular complexity index is 677. The third-order valence-electron chi connectivity index (χ3n) is 3.70. The monoisotopic (exact) mass is 292 g/mol. The first-order valence-corrected chi connectivity index (χ1v) is 7.28. The SMILES string of the molecule is [B]c1cc(CCOC)cc(C(=C)c2ccc(OC)c(C)c2)c1. The van der Waals surface area contributed by atoms with Crippen molar-refractivity contribution in [3.05, 3.63) is 65.2 Å². The number of methoxy groups -OCH3 is 2. The molecule has 3 heteroatoms. The second-order valence-corrected chi connectivity index (χ2v) is 5.37. The Morgan fingerprint density at radius 3 is 2.50 bits per heavy atom. The van der Waals surface area contributed by atoms with Gasteiger partial charge in [0, 0.05) is 7.11 Å². The van der Waals surface area contributed by atoms with E-state index in [1.165, 1.54) is 0 Å². The van der Waals surface area contributed by atoms with Gasteiger partial charge in [0.25, 0.3) is 0 Å². The van der Waals surface area contributed by atoms with Crippen molar-refractivity contribution in [2.75, 3.05) is 20.8 Å². The molecule has 22 heavy (non-hydrogen) atoms. The van der Waals surface area contributed by atoms with E-state index >= 15 is 0 Å². The maximum absolute atomic E-state index is 6.02. The van der Waals surface area contributed by atoms with E-state index in [9.17, 15) is 0 Å². The summed E-state index contributed by atoms with van der Waals surface area (Å²) in [5.41, 5.74) is 6.05. The maximum Gasteiger partial charge on any atom is 0.121 e. The maximum atomic E-state index is 6.02. The van der Waals surface area contributed by atoms with Crippen LogP contribution in [0.5, 0.6) is 5.75 Å². The molecule has 0 amide bonds. The minimum atomic E-state index is 0.678. The molecule has 0 aliphatic heterocycles. The van der Waals surface area contributed by atoms with E-state index in [-0.39, 0.29) is 0 Å². The highest BCUT2D eigenvalue weighted by molar-refractivity contribution is 6.32. The molecule has 2 rings (SSSR count). The van der Waals surface area contributed by atoms with Gasteiger partial charge in [-0.3, -0.25) is 0 Å². The molecule has 0 aliphatic rings. The molecule has 0 heterocycles. The quantitative estimate of drug-likeness (QED) is 0.762. The smallest absolute Gasteiger partial charge is 0.121 e. The van der Waals surface area contributed by atoms with Crippen LogP contribution in [0.25, 0.3) is 5.57 Å². The highest BCUT2D eigenvalue weighted by Gasteiger charge is 2.07. The predicted octanol–water partition coefficient (Wildman–Crippen LogP) is 3.05. The fraction of sp³-hybridized carbons (Fsp3) is 0.263. The van der Waals surface area contributed by atoms with Crippen molar-refractivity contribution in [1.29, 1.82) is 0 Å². The number of aryl methyl sites for hydroxylation is 1. The van der Waals surface area contributed by atoms with Crippen molar-refractivity contribution in [3.63, 3.8) is 0 Å². The zero-order chi connectivity index (χ0) is 16.1. The molecule has 0 aromatic heterocycles. The van der Waals surface area contributed by atoms with Crippen molar-refractivity contribution in [2.45, 2.75) is 13.3 Å². The Hall–Kier alpha value is -2.00. The average Bonchev–Trinajstić information content (AvgIpc) is 2.51. The van der Waals surface area contributed by atoms with Crippen LogP contribution in [-0.4, -0.2) is 28.7 Å². The molecule has 0 saturated carbocycles. The summed E-state index contributed by atoms with van der Waals surface area (Å²) in [5, 5.41) is 0. The lowest BCUT2D eigenvalue weighted by Gasteiger charge is -2.13. The first-order valence-electron chi connectivity index (χ1n) is 7.28. The van der Waals surface area contributed by atoms with E-state index in [4.69, 9.17) is 17.3 Å². The predicted molar refractivity (Wildman–Crippen MR) is 93.3 cm³/mol. The highest BCUT2D eigenvalue weighted by Crippen LogP contribution is 2.26. The van der Waals surface area contributed by atoms with Gasteiger partial charge in [-0.1, -0.05) is 36.3 Å². The lowest BCUT2D eigenvalue weighted by atomic mass is 9.87. The van der Waals surface area contributed by atoms with Gasteiger partial charge in [-0.25, -0.2) is 0 Å².